The van der Waals surface area contributed by atoms with Crippen LogP contribution in [0.25, 0.3) is 0 Å². The van der Waals surface area contributed by atoms with Gasteiger partial charge in [0, 0.05) is 5.92 Å². The van der Waals surface area contributed by atoms with Crippen molar-refractivity contribution in [3.63, 3.8) is 0 Å². The second-order valence-corrected chi connectivity index (χ2v) is 7.26. The molecule has 2 saturated carbocycles. The summed E-state index contributed by atoms with van der Waals surface area (Å²) in [6, 6.07) is 0. The highest BCUT2D eigenvalue weighted by Gasteiger charge is 2.68. The number of carbonyl (C=O) groups excluding carboxylic acids is 1. The molecule has 1 saturated heterocycles. The molecule has 0 bridgehead atoms. The zero-order valence-electron chi connectivity index (χ0n) is 11.6. The van der Waals surface area contributed by atoms with Crippen molar-refractivity contribution in [3.05, 3.63) is 0 Å². The lowest BCUT2D eigenvalue weighted by Crippen LogP contribution is -2.64. The average Bonchev–Trinajstić information content (AvgIpc) is 2.59. The van der Waals surface area contributed by atoms with Crippen LogP contribution in [-0.4, -0.2) is 45.1 Å². The normalized spacial score (nSPS) is 49.4. The Morgan fingerprint density at radius 1 is 1.40 bits per heavy atom. The summed E-state index contributed by atoms with van der Waals surface area (Å²) >= 11 is 0. The van der Waals surface area contributed by atoms with Crippen LogP contribution in [0.4, 0.5) is 0 Å². The van der Waals surface area contributed by atoms with Gasteiger partial charge < -0.3 is 20.1 Å². The van der Waals surface area contributed by atoms with E-state index < -0.39 is 47.5 Å². The summed E-state index contributed by atoms with van der Waals surface area (Å²) in [5.74, 6) is -4.10. The van der Waals surface area contributed by atoms with Gasteiger partial charge in [-0.3, -0.25) is 9.59 Å². The molecule has 0 radical (unpaired) electrons. The number of carbonyl (C=O) groups is 2. The van der Waals surface area contributed by atoms with Gasteiger partial charge in [0.15, 0.2) is 0 Å². The second kappa shape index (κ2) is 3.95. The number of carboxylic acid groups (broad SMARTS) is 1. The van der Waals surface area contributed by atoms with E-state index >= 15 is 0 Å². The summed E-state index contributed by atoms with van der Waals surface area (Å²) in [7, 11) is 0. The van der Waals surface area contributed by atoms with Crippen LogP contribution < -0.4 is 0 Å². The SMILES string of the molecule is CC1(C)C[C@@H]2OC(=O)[C@H]3[C@@H]2[C@@](O)(C1)[C@H](O)C[C@H]3C(=O)O. The molecule has 3 rings (SSSR count). The van der Waals surface area contributed by atoms with Crippen molar-refractivity contribution in [2.45, 2.75) is 50.9 Å². The summed E-state index contributed by atoms with van der Waals surface area (Å²) in [6.45, 7) is 3.91. The van der Waals surface area contributed by atoms with E-state index in [1.165, 1.54) is 0 Å². The Hall–Kier alpha value is -1.14. The minimum atomic E-state index is -1.44. The van der Waals surface area contributed by atoms with Crippen molar-refractivity contribution in [1.82, 2.24) is 0 Å². The summed E-state index contributed by atoms with van der Waals surface area (Å²) in [5.41, 5.74) is -1.70. The first-order valence-electron chi connectivity index (χ1n) is 6.99. The van der Waals surface area contributed by atoms with E-state index in [1.54, 1.807) is 0 Å². The number of ether oxygens (including phenoxy) is 1. The van der Waals surface area contributed by atoms with Gasteiger partial charge in [-0.1, -0.05) is 13.8 Å². The summed E-state index contributed by atoms with van der Waals surface area (Å²) < 4.78 is 5.34. The van der Waals surface area contributed by atoms with Gasteiger partial charge in [0.2, 0.25) is 0 Å². The lowest BCUT2D eigenvalue weighted by Gasteiger charge is -2.53. The van der Waals surface area contributed by atoms with Crippen molar-refractivity contribution in [2.24, 2.45) is 23.2 Å². The van der Waals surface area contributed by atoms with Crippen LogP contribution in [0.1, 0.15) is 33.1 Å². The molecule has 3 fully saturated rings. The highest BCUT2D eigenvalue weighted by atomic mass is 16.6. The number of aliphatic hydroxyl groups excluding tert-OH is 1. The fourth-order valence-corrected chi connectivity index (χ4v) is 4.58. The van der Waals surface area contributed by atoms with Gasteiger partial charge in [0.05, 0.1) is 23.5 Å². The highest BCUT2D eigenvalue weighted by molar-refractivity contribution is 5.83. The topological polar surface area (TPSA) is 104 Å². The smallest absolute Gasteiger partial charge is 0.310 e. The van der Waals surface area contributed by atoms with Gasteiger partial charge >= 0.3 is 11.9 Å². The molecule has 0 aromatic carbocycles. The third kappa shape index (κ3) is 1.71. The van der Waals surface area contributed by atoms with Crippen LogP contribution in [0.15, 0.2) is 0 Å². The maximum atomic E-state index is 12.0. The monoisotopic (exact) mass is 284 g/mol. The van der Waals surface area contributed by atoms with E-state index in [0.29, 0.717) is 12.8 Å². The maximum Gasteiger partial charge on any atom is 0.310 e. The predicted molar refractivity (Wildman–Crippen MR) is 66.6 cm³/mol. The molecule has 0 unspecified atom stereocenters. The molecular formula is C14H20O6. The van der Waals surface area contributed by atoms with Crippen LogP contribution in [0.5, 0.6) is 0 Å². The van der Waals surface area contributed by atoms with Crippen LogP contribution in [0, 0.1) is 23.2 Å². The molecule has 6 nitrogen and oxygen atoms in total. The summed E-state index contributed by atoms with van der Waals surface area (Å²) in [6.07, 6.45) is -0.812. The fraction of sp³-hybridized carbons (Fsp3) is 0.857. The number of aliphatic carboxylic acids is 1. The van der Waals surface area contributed by atoms with E-state index in [2.05, 4.69) is 0 Å². The third-order valence-corrected chi connectivity index (χ3v) is 5.22. The number of rotatable bonds is 1. The van der Waals surface area contributed by atoms with Crippen LogP contribution >= 0.6 is 0 Å². The molecule has 6 atom stereocenters. The van der Waals surface area contributed by atoms with Gasteiger partial charge in [0.1, 0.15) is 6.10 Å². The van der Waals surface area contributed by atoms with Crippen LogP contribution in [0.2, 0.25) is 0 Å². The van der Waals surface area contributed by atoms with Crippen molar-refractivity contribution >= 4 is 11.9 Å². The fourth-order valence-electron chi connectivity index (χ4n) is 4.58. The first-order chi connectivity index (χ1) is 9.16. The zero-order valence-corrected chi connectivity index (χ0v) is 11.6. The molecule has 0 aromatic rings. The molecule has 1 heterocycles. The molecule has 2 aliphatic carbocycles. The molecule has 0 spiro atoms. The van der Waals surface area contributed by atoms with E-state index in [0.717, 1.165) is 0 Å². The Morgan fingerprint density at radius 3 is 2.65 bits per heavy atom. The number of hydrogen-bond donors (Lipinski definition) is 3. The quantitative estimate of drug-likeness (QED) is 0.593. The average molecular weight is 284 g/mol. The molecule has 20 heavy (non-hydrogen) atoms. The van der Waals surface area contributed by atoms with Crippen LogP contribution in [0.3, 0.4) is 0 Å². The lowest BCUT2D eigenvalue weighted by molar-refractivity contribution is -0.211. The van der Waals surface area contributed by atoms with E-state index in [4.69, 9.17) is 4.74 Å². The van der Waals surface area contributed by atoms with Crippen molar-refractivity contribution in [3.8, 4) is 0 Å². The Balaban J connectivity index is 2.06. The van der Waals surface area contributed by atoms with Gasteiger partial charge in [-0.15, -0.1) is 0 Å². The Kier molecular flexibility index (Phi) is 2.73. The Labute approximate surface area is 116 Å². The van der Waals surface area contributed by atoms with Gasteiger partial charge in [-0.25, -0.2) is 0 Å². The van der Waals surface area contributed by atoms with Gasteiger partial charge in [-0.2, -0.15) is 0 Å². The Morgan fingerprint density at radius 2 is 2.05 bits per heavy atom. The number of hydrogen-bond acceptors (Lipinski definition) is 5. The predicted octanol–water partition coefficient (Wildman–Crippen LogP) is 0.161. The standard InChI is InChI=1S/C14H20O6/c1-13(2)4-7-10-9(12(18)20-7)6(11(16)17)3-8(15)14(10,19)5-13/h6-10,15,19H,3-5H2,1-2H3,(H,16,17)/t6-,7+,8-,9-,10-,14-/m1/s1. The first kappa shape index (κ1) is 13.8. The highest BCUT2D eigenvalue weighted by Crippen LogP contribution is 2.57. The van der Waals surface area contributed by atoms with E-state index in [-0.39, 0.29) is 11.8 Å². The van der Waals surface area contributed by atoms with Crippen molar-refractivity contribution in [2.75, 3.05) is 0 Å². The number of aliphatic hydroxyl groups is 2. The summed E-state index contributed by atoms with van der Waals surface area (Å²) in [4.78, 5) is 23.4. The molecule has 3 aliphatic rings. The largest absolute Gasteiger partial charge is 0.481 e. The van der Waals surface area contributed by atoms with Crippen LogP contribution in [-0.2, 0) is 14.3 Å². The number of esters is 1. The Bertz CT molecular complexity index is 472. The lowest BCUT2D eigenvalue weighted by atomic mass is 9.53. The minimum absolute atomic E-state index is 0.106. The summed E-state index contributed by atoms with van der Waals surface area (Å²) in [5, 5.41) is 30.5. The minimum Gasteiger partial charge on any atom is -0.481 e. The molecular weight excluding hydrogens is 264 g/mol. The number of carboxylic acids is 1. The zero-order chi connectivity index (χ0) is 14.9. The molecule has 3 N–H and O–H groups in total. The first-order valence-corrected chi connectivity index (χ1v) is 6.99. The van der Waals surface area contributed by atoms with Gasteiger partial charge in [-0.05, 0) is 24.7 Å². The molecule has 1 aliphatic heterocycles. The molecule has 0 amide bonds. The maximum absolute atomic E-state index is 12.0. The third-order valence-electron chi connectivity index (χ3n) is 5.22. The molecule has 112 valence electrons. The molecule has 6 heteroatoms. The van der Waals surface area contributed by atoms with Crippen molar-refractivity contribution in [1.29, 1.82) is 0 Å². The van der Waals surface area contributed by atoms with E-state index in [1.807, 2.05) is 13.8 Å². The van der Waals surface area contributed by atoms with Gasteiger partial charge in [0.25, 0.3) is 0 Å². The van der Waals surface area contributed by atoms with Crippen molar-refractivity contribution < 1.29 is 29.6 Å². The molecule has 0 aromatic heterocycles. The van der Waals surface area contributed by atoms with E-state index in [9.17, 15) is 24.9 Å². The second-order valence-electron chi connectivity index (χ2n) is 7.26.